The lowest BCUT2D eigenvalue weighted by molar-refractivity contribution is 0.272. The van der Waals surface area contributed by atoms with Crippen LogP contribution in [0.3, 0.4) is 0 Å². The molecule has 1 heterocycles. The van der Waals surface area contributed by atoms with Gasteiger partial charge in [0.25, 0.3) is 0 Å². The molecule has 0 aromatic rings. The summed E-state index contributed by atoms with van der Waals surface area (Å²) in [6, 6.07) is 0.200. The zero-order valence-corrected chi connectivity index (χ0v) is 7.82. The molecule has 0 aromatic heterocycles. The van der Waals surface area contributed by atoms with E-state index in [1.807, 2.05) is 0 Å². The fourth-order valence-electron chi connectivity index (χ4n) is 2.08. The molecule has 0 amide bonds. The Balaban J connectivity index is 1.92. The van der Waals surface area contributed by atoms with Crippen molar-refractivity contribution in [2.24, 2.45) is 16.8 Å². The summed E-state index contributed by atoms with van der Waals surface area (Å²) >= 11 is 0. The molecular formula is C9H17N3O. The third kappa shape index (κ3) is 1.94. The summed E-state index contributed by atoms with van der Waals surface area (Å²) in [6.07, 6.45) is 4.94. The molecule has 74 valence electrons. The first-order valence-corrected chi connectivity index (χ1v) is 5.02. The number of hydrogen-bond acceptors (Lipinski definition) is 3. The summed E-state index contributed by atoms with van der Waals surface area (Å²) < 4.78 is 0. The predicted octanol–water partition coefficient (Wildman–Crippen LogP) is 0.607. The van der Waals surface area contributed by atoms with Gasteiger partial charge >= 0.3 is 0 Å². The number of oxime groups is 1. The van der Waals surface area contributed by atoms with Crippen LogP contribution in [0.25, 0.3) is 0 Å². The Morgan fingerprint density at radius 2 is 2.23 bits per heavy atom. The molecule has 13 heavy (non-hydrogen) atoms. The molecule has 1 saturated heterocycles. The normalized spacial score (nSPS) is 31.1. The Kier molecular flexibility index (Phi) is 2.40. The molecule has 1 aliphatic heterocycles. The van der Waals surface area contributed by atoms with Gasteiger partial charge in [-0.3, -0.25) is 4.90 Å². The van der Waals surface area contributed by atoms with Gasteiger partial charge in [-0.2, -0.15) is 0 Å². The summed E-state index contributed by atoms with van der Waals surface area (Å²) in [5, 5.41) is 11.7. The summed E-state index contributed by atoms with van der Waals surface area (Å²) in [4.78, 5) is 2.35. The topological polar surface area (TPSA) is 61.9 Å². The third-order valence-corrected chi connectivity index (χ3v) is 3.01. The van der Waals surface area contributed by atoms with Crippen LogP contribution in [0, 0.1) is 5.92 Å². The zero-order valence-electron chi connectivity index (χ0n) is 7.82. The summed E-state index contributed by atoms with van der Waals surface area (Å²) in [5.74, 6) is 1.27. The fraction of sp³-hybridized carbons (Fsp3) is 0.889. The number of rotatable bonds is 3. The van der Waals surface area contributed by atoms with Crippen LogP contribution >= 0.6 is 0 Å². The second kappa shape index (κ2) is 3.54. The summed E-state index contributed by atoms with van der Waals surface area (Å²) in [5.41, 5.74) is 5.62. The van der Waals surface area contributed by atoms with Crippen LogP contribution in [-0.4, -0.2) is 35.1 Å². The van der Waals surface area contributed by atoms with Crippen molar-refractivity contribution >= 4 is 5.84 Å². The number of likely N-dealkylation sites (tertiary alicyclic amines) is 1. The van der Waals surface area contributed by atoms with Crippen molar-refractivity contribution in [1.29, 1.82) is 0 Å². The number of nitrogens with two attached hydrogens (primary N) is 1. The van der Waals surface area contributed by atoms with Gasteiger partial charge in [0, 0.05) is 6.54 Å². The molecule has 1 aliphatic carbocycles. The quantitative estimate of drug-likeness (QED) is 0.291. The fourth-order valence-corrected chi connectivity index (χ4v) is 2.08. The van der Waals surface area contributed by atoms with E-state index in [1.54, 1.807) is 0 Å². The molecule has 0 radical (unpaired) electrons. The molecule has 0 bridgehead atoms. The average molecular weight is 183 g/mol. The lowest BCUT2D eigenvalue weighted by atomic mass is 10.2. The van der Waals surface area contributed by atoms with E-state index in [-0.39, 0.29) is 6.04 Å². The van der Waals surface area contributed by atoms with Gasteiger partial charge in [-0.15, -0.1) is 0 Å². The van der Waals surface area contributed by atoms with Gasteiger partial charge in [0.1, 0.15) is 0 Å². The highest BCUT2D eigenvalue weighted by Gasteiger charge is 2.32. The van der Waals surface area contributed by atoms with Gasteiger partial charge in [-0.05, 0) is 38.1 Å². The van der Waals surface area contributed by atoms with Crippen molar-refractivity contribution < 1.29 is 5.21 Å². The highest BCUT2D eigenvalue weighted by atomic mass is 16.4. The number of amidine groups is 1. The van der Waals surface area contributed by atoms with E-state index in [9.17, 15) is 0 Å². The zero-order chi connectivity index (χ0) is 9.26. The minimum atomic E-state index is 0.200. The van der Waals surface area contributed by atoms with Crippen molar-refractivity contribution in [2.45, 2.75) is 31.7 Å². The van der Waals surface area contributed by atoms with Gasteiger partial charge in [0.05, 0.1) is 6.04 Å². The van der Waals surface area contributed by atoms with Gasteiger partial charge < -0.3 is 10.9 Å². The van der Waals surface area contributed by atoms with Crippen LogP contribution < -0.4 is 5.73 Å². The first-order chi connectivity index (χ1) is 6.31. The molecular weight excluding hydrogens is 166 g/mol. The van der Waals surface area contributed by atoms with E-state index in [2.05, 4.69) is 10.1 Å². The Morgan fingerprint density at radius 3 is 2.85 bits per heavy atom. The maximum atomic E-state index is 8.60. The lowest BCUT2D eigenvalue weighted by Gasteiger charge is -2.22. The lowest BCUT2D eigenvalue weighted by Crippen LogP contribution is -2.41. The maximum absolute atomic E-state index is 8.60. The molecule has 0 spiro atoms. The molecule has 4 heteroatoms. The first-order valence-electron chi connectivity index (χ1n) is 5.02. The first kappa shape index (κ1) is 8.81. The average Bonchev–Trinajstić information content (AvgIpc) is 2.82. The van der Waals surface area contributed by atoms with Crippen LogP contribution in [0.2, 0.25) is 0 Å². The van der Waals surface area contributed by atoms with Gasteiger partial charge in [-0.1, -0.05) is 5.16 Å². The smallest absolute Gasteiger partial charge is 0.156 e. The molecule has 2 rings (SSSR count). The Hall–Kier alpha value is -0.770. The molecule has 1 atom stereocenters. The van der Waals surface area contributed by atoms with Gasteiger partial charge in [-0.25, -0.2) is 0 Å². The van der Waals surface area contributed by atoms with Crippen LogP contribution in [0.1, 0.15) is 25.7 Å². The largest absolute Gasteiger partial charge is 0.409 e. The van der Waals surface area contributed by atoms with Crippen LogP contribution in [0.5, 0.6) is 0 Å². The van der Waals surface area contributed by atoms with E-state index in [1.165, 1.54) is 19.3 Å². The second-order valence-electron chi connectivity index (χ2n) is 4.12. The van der Waals surface area contributed by atoms with Crippen molar-refractivity contribution in [2.75, 3.05) is 13.1 Å². The number of nitrogens with zero attached hydrogens (tertiary/aromatic N) is 2. The molecule has 2 aliphatic rings. The van der Waals surface area contributed by atoms with E-state index in [0.29, 0.717) is 5.84 Å². The van der Waals surface area contributed by atoms with Gasteiger partial charge in [0.2, 0.25) is 0 Å². The minimum Gasteiger partial charge on any atom is -0.409 e. The van der Waals surface area contributed by atoms with E-state index >= 15 is 0 Å². The Bertz CT molecular complexity index is 213. The molecule has 4 nitrogen and oxygen atoms in total. The van der Waals surface area contributed by atoms with Crippen molar-refractivity contribution in [1.82, 2.24) is 4.90 Å². The molecule has 3 N–H and O–H groups in total. The van der Waals surface area contributed by atoms with Crippen LogP contribution in [0.4, 0.5) is 0 Å². The molecule has 0 aromatic carbocycles. The van der Waals surface area contributed by atoms with Crippen molar-refractivity contribution in [3.05, 3.63) is 0 Å². The SMILES string of the molecule is NC(=NO)C1CCCN1CC1CC1. The van der Waals surface area contributed by atoms with E-state index < -0.39 is 0 Å². The van der Waals surface area contributed by atoms with Crippen LogP contribution in [-0.2, 0) is 0 Å². The maximum Gasteiger partial charge on any atom is 0.156 e. The molecule has 1 saturated carbocycles. The highest BCUT2D eigenvalue weighted by molar-refractivity contribution is 5.85. The highest BCUT2D eigenvalue weighted by Crippen LogP contribution is 2.32. The molecule has 2 fully saturated rings. The van der Waals surface area contributed by atoms with Crippen molar-refractivity contribution in [3.63, 3.8) is 0 Å². The standard InChI is InChI=1S/C9H17N3O/c10-9(11-13)8-2-1-5-12(8)6-7-3-4-7/h7-8,13H,1-6H2,(H2,10,11). The number of hydrogen-bond donors (Lipinski definition) is 2. The Labute approximate surface area is 78.4 Å². The monoisotopic (exact) mass is 183 g/mol. The van der Waals surface area contributed by atoms with Gasteiger partial charge in [0.15, 0.2) is 5.84 Å². The summed E-state index contributed by atoms with van der Waals surface area (Å²) in [6.45, 7) is 2.25. The van der Waals surface area contributed by atoms with E-state index in [4.69, 9.17) is 10.9 Å². The van der Waals surface area contributed by atoms with E-state index in [0.717, 1.165) is 25.4 Å². The minimum absolute atomic E-state index is 0.200. The Morgan fingerprint density at radius 1 is 1.46 bits per heavy atom. The summed E-state index contributed by atoms with van der Waals surface area (Å²) in [7, 11) is 0. The second-order valence-corrected chi connectivity index (χ2v) is 4.12. The third-order valence-electron chi connectivity index (χ3n) is 3.01. The predicted molar refractivity (Wildman–Crippen MR) is 50.7 cm³/mol. The molecule has 1 unspecified atom stereocenters. The van der Waals surface area contributed by atoms with Crippen molar-refractivity contribution in [3.8, 4) is 0 Å². The van der Waals surface area contributed by atoms with Crippen LogP contribution in [0.15, 0.2) is 5.16 Å².